The predicted octanol–water partition coefficient (Wildman–Crippen LogP) is 4.24. The molecule has 0 spiro atoms. The molecule has 0 aliphatic carbocycles. The van der Waals surface area contributed by atoms with Gasteiger partial charge in [-0.1, -0.05) is 6.07 Å². The average Bonchev–Trinajstić information content (AvgIpc) is 2.43. The molecule has 0 saturated heterocycles. The summed E-state index contributed by atoms with van der Waals surface area (Å²) in [5.74, 6) is 0.177. The van der Waals surface area contributed by atoms with E-state index in [1.807, 2.05) is 6.07 Å². The van der Waals surface area contributed by atoms with Crippen LogP contribution in [0.3, 0.4) is 0 Å². The molecule has 0 aliphatic heterocycles. The van der Waals surface area contributed by atoms with Gasteiger partial charge < -0.3 is 14.2 Å². The first-order chi connectivity index (χ1) is 11.4. The zero-order chi connectivity index (χ0) is 19.4. The van der Waals surface area contributed by atoms with Gasteiger partial charge in [-0.05, 0) is 53.7 Å². The van der Waals surface area contributed by atoms with Gasteiger partial charge in [-0.15, -0.1) is 0 Å². The number of benzene rings is 1. The van der Waals surface area contributed by atoms with E-state index >= 15 is 0 Å². The quantitative estimate of drug-likeness (QED) is 0.794. The molecule has 0 aromatic heterocycles. The molecule has 0 saturated carbocycles. The number of amides is 2. The minimum absolute atomic E-state index is 0.0176. The van der Waals surface area contributed by atoms with Gasteiger partial charge in [0.05, 0.1) is 12.7 Å². The van der Waals surface area contributed by atoms with E-state index in [1.54, 1.807) is 47.6 Å². The highest BCUT2D eigenvalue weighted by molar-refractivity contribution is 6.11. The van der Waals surface area contributed by atoms with Crippen molar-refractivity contribution in [3.63, 3.8) is 0 Å². The molecule has 0 radical (unpaired) electrons. The van der Waals surface area contributed by atoms with Gasteiger partial charge in [0.25, 0.3) is 0 Å². The van der Waals surface area contributed by atoms with Gasteiger partial charge in [0.15, 0.2) is 0 Å². The number of carbonyl (C=O) groups is 2. The standard InChI is InChI=1S/C18H24N2O5/c1-17(2,3)24-15(21)20(16(22)25-18(4,5)6)14-12(11-19)9-8-10-13(14)23-7/h8-10H,1-7H3. The number of methoxy groups -OCH3 is 1. The molecule has 0 heterocycles. The van der Waals surface area contributed by atoms with E-state index in [2.05, 4.69) is 0 Å². The second kappa shape index (κ2) is 7.43. The number of nitriles is 1. The van der Waals surface area contributed by atoms with Crippen LogP contribution in [0, 0.1) is 11.3 Å². The number of nitrogens with zero attached hydrogens (tertiary/aromatic N) is 2. The molecule has 7 nitrogen and oxygen atoms in total. The summed E-state index contributed by atoms with van der Waals surface area (Å²) in [6.07, 6.45) is -1.91. The molecule has 0 atom stereocenters. The molecular formula is C18H24N2O5. The third-order valence-electron chi connectivity index (χ3n) is 2.72. The highest BCUT2D eigenvalue weighted by atomic mass is 16.6. The highest BCUT2D eigenvalue weighted by Gasteiger charge is 2.36. The summed E-state index contributed by atoms with van der Waals surface area (Å²) in [7, 11) is 1.38. The number of carbonyl (C=O) groups excluding carboxylic acids is 2. The van der Waals surface area contributed by atoms with E-state index in [9.17, 15) is 14.9 Å². The number of hydrogen-bond donors (Lipinski definition) is 0. The fourth-order valence-electron chi connectivity index (χ4n) is 1.88. The van der Waals surface area contributed by atoms with Crippen molar-refractivity contribution < 1.29 is 23.8 Å². The predicted molar refractivity (Wildman–Crippen MR) is 92.7 cm³/mol. The number of anilines is 1. The van der Waals surface area contributed by atoms with Gasteiger partial charge in [0, 0.05) is 0 Å². The topological polar surface area (TPSA) is 88.9 Å². The van der Waals surface area contributed by atoms with E-state index in [1.165, 1.54) is 19.2 Å². The van der Waals surface area contributed by atoms with Crippen LogP contribution in [0.5, 0.6) is 5.75 Å². The van der Waals surface area contributed by atoms with E-state index < -0.39 is 23.4 Å². The third kappa shape index (κ3) is 5.68. The second-order valence-corrected chi connectivity index (χ2v) is 7.26. The van der Waals surface area contributed by atoms with Gasteiger partial charge in [-0.2, -0.15) is 10.2 Å². The lowest BCUT2D eigenvalue weighted by molar-refractivity contribution is 0.0429. The SMILES string of the molecule is COc1cccc(C#N)c1N(C(=O)OC(C)(C)C)C(=O)OC(C)(C)C. The van der Waals surface area contributed by atoms with E-state index in [0.717, 1.165) is 0 Å². The Bertz CT molecular complexity index is 665. The van der Waals surface area contributed by atoms with Crippen molar-refractivity contribution >= 4 is 17.9 Å². The first-order valence-corrected chi connectivity index (χ1v) is 7.73. The number of hydrogen-bond acceptors (Lipinski definition) is 6. The Morgan fingerprint density at radius 1 is 1.00 bits per heavy atom. The summed E-state index contributed by atoms with van der Waals surface area (Å²) in [4.78, 5) is 26.0. The summed E-state index contributed by atoms with van der Waals surface area (Å²) in [5.41, 5.74) is -1.62. The molecule has 1 rings (SSSR count). The van der Waals surface area contributed by atoms with Crippen LogP contribution in [0.1, 0.15) is 47.1 Å². The molecule has 1 aromatic rings. The van der Waals surface area contributed by atoms with Crippen LogP contribution >= 0.6 is 0 Å². The molecule has 0 bridgehead atoms. The number of ether oxygens (including phenoxy) is 3. The molecule has 7 heteroatoms. The Morgan fingerprint density at radius 3 is 1.84 bits per heavy atom. The van der Waals surface area contributed by atoms with Crippen LogP contribution in [0.25, 0.3) is 0 Å². The van der Waals surface area contributed by atoms with Crippen molar-refractivity contribution in [1.82, 2.24) is 0 Å². The van der Waals surface area contributed by atoms with Crippen molar-refractivity contribution in [2.75, 3.05) is 12.0 Å². The van der Waals surface area contributed by atoms with Crippen LogP contribution in [0.15, 0.2) is 18.2 Å². The molecule has 0 N–H and O–H groups in total. The lowest BCUT2D eigenvalue weighted by atomic mass is 10.1. The van der Waals surface area contributed by atoms with Gasteiger partial charge in [0.2, 0.25) is 0 Å². The van der Waals surface area contributed by atoms with Crippen LogP contribution in [-0.2, 0) is 9.47 Å². The summed E-state index contributed by atoms with van der Waals surface area (Å²) >= 11 is 0. The van der Waals surface area contributed by atoms with E-state index in [0.29, 0.717) is 4.90 Å². The fraction of sp³-hybridized carbons (Fsp3) is 0.500. The largest absolute Gasteiger partial charge is 0.495 e. The minimum Gasteiger partial charge on any atom is -0.495 e. The summed E-state index contributed by atoms with van der Waals surface area (Å²) < 4.78 is 15.8. The van der Waals surface area contributed by atoms with Gasteiger partial charge in [-0.25, -0.2) is 9.59 Å². The third-order valence-corrected chi connectivity index (χ3v) is 2.72. The van der Waals surface area contributed by atoms with Gasteiger partial charge in [-0.3, -0.25) is 0 Å². The Kier molecular flexibility index (Phi) is 6.03. The molecule has 1 aromatic carbocycles. The number of rotatable bonds is 2. The maximum atomic E-state index is 12.7. The van der Waals surface area contributed by atoms with E-state index in [-0.39, 0.29) is 17.0 Å². The maximum Gasteiger partial charge on any atom is 0.424 e. The Labute approximate surface area is 148 Å². The summed E-state index contributed by atoms with van der Waals surface area (Å²) in [6, 6.07) is 6.55. The highest BCUT2D eigenvalue weighted by Crippen LogP contribution is 2.34. The Balaban J connectivity index is 3.50. The fourth-order valence-corrected chi connectivity index (χ4v) is 1.88. The van der Waals surface area contributed by atoms with Crippen LogP contribution in [0.4, 0.5) is 15.3 Å². The van der Waals surface area contributed by atoms with Crippen molar-refractivity contribution in [1.29, 1.82) is 5.26 Å². The van der Waals surface area contributed by atoms with Gasteiger partial charge >= 0.3 is 12.2 Å². The molecule has 25 heavy (non-hydrogen) atoms. The molecule has 0 aliphatic rings. The normalized spacial score (nSPS) is 11.3. The Hall–Kier alpha value is -2.75. The molecule has 0 fully saturated rings. The molecular weight excluding hydrogens is 324 g/mol. The zero-order valence-electron chi connectivity index (χ0n) is 15.7. The van der Waals surface area contributed by atoms with Crippen molar-refractivity contribution in [2.45, 2.75) is 52.7 Å². The Morgan fingerprint density at radius 2 is 1.48 bits per heavy atom. The minimum atomic E-state index is -0.956. The van der Waals surface area contributed by atoms with Crippen molar-refractivity contribution in [3.05, 3.63) is 23.8 Å². The molecule has 2 amide bonds. The zero-order valence-corrected chi connectivity index (χ0v) is 15.7. The monoisotopic (exact) mass is 348 g/mol. The second-order valence-electron chi connectivity index (χ2n) is 7.26. The van der Waals surface area contributed by atoms with Crippen LogP contribution in [-0.4, -0.2) is 30.5 Å². The summed E-state index contributed by atoms with van der Waals surface area (Å²) in [6.45, 7) is 10.0. The number of para-hydroxylation sites is 1. The summed E-state index contributed by atoms with van der Waals surface area (Å²) in [5, 5.41) is 9.38. The van der Waals surface area contributed by atoms with E-state index in [4.69, 9.17) is 14.2 Å². The van der Waals surface area contributed by atoms with Gasteiger partial charge in [0.1, 0.15) is 28.7 Å². The van der Waals surface area contributed by atoms with Crippen molar-refractivity contribution in [2.24, 2.45) is 0 Å². The lowest BCUT2D eigenvalue weighted by Crippen LogP contribution is -2.44. The van der Waals surface area contributed by atoms with Crippen molar-refractivity contribution in [3.8, 4) is 11.8 Å². The lowest BCUT2D eigenvalue weighted by Gasteiger charge is -2.29. The number of imide groups is 1. The smallest absolute Gasteiger partial charge is 0.424 e. The average molecular weight is 348 g/mol. The van der Waals surface area contributed by atoms with Crippen LogP contribution < -0.4 is 9.64 Å². The molecule has 136 valence electrons. The van der Waals surface area contributed by atoms with Crippen LogP contribution in [0.2, 0.25) is 0 Å². The first kappa shape index (κ1) is 20.3. The molecule has 0 unspecified atom stereocenters. The first-order valence-electron chi connectivity index (χ1n) is 7.73. The maximum absolute atomic E-state index is 12.7.